The maximum Gasteiger partial charge on any atom is 0.302 e. The van der Waals surface area contributed by atoms with Gasteiger partial charge in [0.1, 0.15) is 18.0 Å². The van der Waals surface area contributed by atoms with Crippen LogP contribution in [0.25, 0.3) is 11.1 Å². The average molecular weight is 525 g/mol. The molecule has 2 aliphatic carbocycles. The fourth-order valence-electron chi connectivity index (χ4n) is 6.56. The number of nitrogens with two attached hydrogens (primary N) is 1. The predicted molar refractivity (Wildman–Crippen MR) is 145 cm³/mol. The molecule has 1 aromatic carbocycles. The molecule has 0 amide bonds. The lowest BCUT2D eigenvalue weighted by molar-refractivity contribution is -0.158. The van der Waals surface area contributed by atoms with Crippen LogP contribution >= 0.6 is 0 Å². The van der Waals surface area contributed by atoms with Gasteiger partial charge in [-0.15, -0.1) is 0 Å². The van der Waals surface area contributed by atoms with Crippen LogP contribution in [0.5, 0.6) is 11.5 Å². The zero-order chi connectivity index (χ0) is 27.2. The number of benzene rings is 1. The third-order valence-electron chi connectivity index (χ3n) is 8.19. The van der Waals surface area contributed by atoms with Crippen LogP contribution < -0.4 is 10.5 Å². The minimum Gasteiger partial charge on any atom is -0.504 e. The summed E-state index contributed by atoms with van der Waals surface area (Å²) in [5.74, 6) is 1.74. The summed E-state index contributed by atoms with van der Waals surface area (Å²) < 4.78 is 17.1. The van der Waals surface area contributed by atoms with Crippen molar-refractivity contribution in [1.29, 1.82) is 0 Å². The van der Waals surface area contributed by atoms with Crippen molar-refractivity contribution in [2.45, 2.75) is 83.8 Å². The van der Waals surface area contributed by atoms with Gasteiger partial charge in [0.05, 0.1) is 7.11 Å². The number of nitrogens with zero attached hydrogens (tertiary/aromatic N) is 1. The molecule has 2 bridgehead atoms. The van der Waals surface area contributed by atoms with Crippen molar-refractivity contribution >= 4 is 17.8 Å². The van der Waals surface area contributed by atoms with Crippen LogP contribution in [-0.2, 0) is 25.5 Å². The highest BCUT2D eigenvalue weighted by Gasteiger charge is 2.40. The zero-order valence-electron chi connectivity index (χ0n) is 22.7. The van der Waals surface area contributed by atoms with Crippen molar-refractivity contribution in [2.75, 3.05) is 12.8 Å². The Morgan fingerprint density at radius 2 is 1.89 bits per heavy atom. The van der Waals surface area contributed by atoms with Gasteiger partial charge >= 0.3 is 11.9 Å². The second-order valence-electron chi connectivity index (χ2n) is 10.8. The zero-order valence-corrected chi connectivity index (χ0v) is 22.7. The Bertz CT molecular complexity index is 1140. The van der Waals surface area contributed by atoms with Crippen LogP contribution in [0, 0.1) is 17.8 Å². The van der Waals surface area contributed by atoms with Crippen LogP contribution in [0.2, 0.25) is 0 Å². The molecular formula is C30H40N2O6. The molecular weight excluding hydrogens is 484 g/mol. The fraction of sp³-hybridized carbons (Fsp3) is 0.567. The van der Waals surface area contributed by atoms with E-state index < -0.39 is 6.10 Å². The average Bonchev–Trinajstić information content (AvgIpc) is 2.87. The largest absolute Gasteiger partial charge is 0.504 e. The van der Waals surface area contributed by atoms with Gasteiger partial charge in [0, 0.05) is 26.5 Å². The summed E-state index contributed by atoms with van der Waals surface area (Å²) in [6.45, 7) is 2.87. The highest BCUT2D eigenvalue weighted by atomic mass is 16.6. The molecule has 2 aliphatic rings. The summed E-state index contributed by atoms with van der Waals surface area (Å²) in [6.07, 6.45) is 9.59. The topological polar surface area (TPSA) is 121 Å². The van der Waals surface area contributed by atoms with Gasteiger partial charge in [-0.1, -0.05) is 25.7 Å². The van der Waals surface area contributed by atoms with E-state index in [9.17, 15) is 14.7 Å². The van der Waals surface area contributed by atoms with E-state index in [0.29, 0.717) is 36.7 Å². The molecule has 5 atom stereocenters. The first-order valence-electron chi connectivity index (χ1n) is 13.7. The first-order valence-corrected chi connectivity index (χ1v) is 13.7. The van der Waals surface area contributed by atoms with Crippen molar-refractivity contribution < 1.29 is 28.9 Å². The molecule has 4 rings (SSSR count). The molecule has 8 heteroatoms. The first kappa shape index (κ1) is 27.7. The van der Waals surface area contributed by atoms with E-state index in [1.807, 2.05) is 6.07 Å². The van der Waals surface area contributed by atoms with E-state index in [2.05, 4.69) is 4.98 Å². The molecule has 3 N–H and O–H groups in total. The number of rotatable bonds is 10. The monoisotopic (exact) mass is 524 g/mol. The Hall–Kier alpha value is -3.29. The van der Waals surface area contributed by atoms with Gasteiger partial charge in [-0.2, -0.15) is 0 Å². The van der Waals surface area contributed by atoms with Crippen LogP contribution in [0.15, 0.2) is 30.5 Å². The second kappa shape index (κ2) is 12.5. The van der Waals surface area contributed by atoms with Crippen molar-refractivity contribution in [2.24, 2.45) is 17.8 Å². The number of phenolic OH excluding ortho intramolecular Hbond substituents is 1. The smallest absolute Gasteiger partial charge is 0.302 e. The standard InChI is InChI=1S/C30H40N2O6/c1-18(33)37-24(16-28(38-19(2)34)25-10-7-20-5-4-6-21(25)13-20)9-8-22-14-29(36-3)27(35)17-26(22)23-11-12-32-30(31)15-23/h11-12,14-15,17,20-21,24-25,28,35H,4-10,13,16H2,1-3H3,(H2,31,32)/t20-,21-,24+,25+,28+/m0/s1. The first-order chi connectivity index (χ1) is 18.2. The number of carbonyl (C=O) groups is 2. The number of ether oxygens (including phenoxy) is 3. The number of carbonyl (C=O) groups excluding carboxylic acids is 2. The molecule has 8 nitrogen and oxygen atoms in total. The number of esters is 2. The van der Waals surface area contributed by atoms with Crippen molar-refractivity contribution in [3.8, 4) is 22.6 Å². The lowest BCUT2D eigenvalue weighted by atomic mass is 9.64. The maximum atomic E-state index is 12.1. The number of aromatic hydroxyl groups is 1. The third kappa shape index (κ3) is 6.97. The molecule has 0 unspecified atom stereocenters. The van der Waals surface area contributed by atoms with Gasteiger partial charge < -0.3 is 25.1 Å². The van der Waals surface area contributed by atoms with Crippen molar-refractivity contribution in [3.05, 3.63) is 36.0 Å². The number of hydrogen-bond acceptors (Lipinski definition) is 8. The highest BCUT2D eigenvalue weighted by molar-refractivity contribution is 5.72. The Kier molecular flexibility index (Phi) is 9.13. The molecule has 0 spiro atoms. The lowest BCUT2D eigenvalue weighted by Crippen LogP contribution is -2.40. The lowest BCUT2D eigenvalue weighted by Gasteiger charge is -2.43. The number of fused-ring (bicyclic) bond motifs is 2. The van der Waals surface area contributed by atoms with Crippen LogP contribution in [0.1, 0.15) is 70.8 Å². The third-order valence-corrected chi connectivity index (χ3v) is 8.19. The Labute approximate surface area is 224 Å². The Balaban J connectivity index is 1.57. The van der Waals surface area contributed by atoms with E-state index in [1.165, 1.54) is 53.1 Å². The van der Waals surface area contributed by atoms with Crippen LogP contribution in [0.3, 0.4) is 0 Å². The summed E-state index contributed by atoms with van der Waals surface area (Å²) in [5.41, 5.74) is 8.46. The predicted octanol–water partition coefficient (Wildman–Crippen LogP) is 5.45. The number of pyridine rings is 1. The fourth-order valence-corrected chi connectivity index (χ4v) is 6.56. The number of phenols is 1. The van der Waals surface area contributed by atoms with Gasteiger partial charge in [-0.25, -0.2) is 4.98 Å². The van der Waals surface area contributed by atoms with Crippen molar-refractivity contribution in [3.63, 3.8) is 0 Å². The second-order valence-corrected chi connectivity index (χ2v) is 10.8. The Morgan fingerprint density at radius 3 is 2.61 bits per heavy atom. The molecule has 1 aromatic heterocycles. The van der Waals surface area contributed by atoms with Gasteiger partial charge in [-0.3, -0.25) is 9.59 Å². The molecule has 2 aromatic rings. The normalized spacial score (nSPS) is 22.2. The molecule has 2 fully saturated rings. The van der Waals surface area contributed by atoms with Crippen LogP contribution in [0.4, 0.5) is 5.82 Å². The molecule has 2 saturated carbocycles. The van der Waals surface area contributed by atoms with E-state index in [-0.39, 0.29) is 29.7 Å². The summed E-state index contributed by atoms with van der Waals surface area (Å²) in [7, 11) is 1.51. The molecule has 38 heavy (non-hydrogen) atoms. The van der Waals surface area contributed by atoms with Gasteiger partial charge in [-0.05, 0) is 84.4 Å². The molecule has 0 aliphatic heterocycles. The quantitative estimate of drug-likeness (QED) is 0.394. The number of hydrogen-bond donors (Lipinski definition) is 2. The van der Waals surface area contributed by atoms with E-state index >= 15 is 0 Å². The summed E-state index contributed by atoms with van der Waals surface area (Å²) >= 11 is 0. The SMILES string of the molecule is COc1cc(CC[C@H](C[C@@H](OC(C)=O)[C@@H]2CC[C@@H]3CCC[C@H]2C3)OC(C)=O)c(-c2ccnc(N)c2)cc1O. The van der Waals surface area contributed by atoms with E-state index in [1.54, 1.807) is 24.4 Å². The summed E-state index contributed by atoms with van der Waals surface area (Å²) in [4.78, 5) is 28.3. The van der Waals surface area contributed by atoms with Gasteiger partial charge in [0.25, 0.3) is 0 Å². The van der Waals surface area contributed by atoms with E-state index in [0.717, 1.165) is 29.0 Å². The minimum absolute atomic E-state index is 0.0242. The number of anilines is 1. The molecule has 1 heterocycles. The number of nitrogen functional groups attached to an aromatic ring is 1. The van der Waals surface area contributed by atoms with Crippen molar-refractivity contribution in [1.82, 2.24) is 4.98 Å². The minimum atomic E-state index is -0.423. The molecule has 206 valence electrons. The Morgan fingerprint density at radius 1 is 1.11 bits per heavy atom. The van der Waals surface area contributed by atoms with E-state index in [4.69, 9.17) is 19.9 Å². The number of aromatic nitrogens is 1. The van der Waals surface area contributed by atoms with Crippen LogP contribution in [-0.4, -0.2) is 41.3 Å². The van der Waals surface area contributed by atoms with Gasteiger partial charge in [0.2, 0.25) is 0 Å². The molecule has 0 radical (unpaired) electrons. The number of methoxy groups -OCH3 is 1. The summed E-state index contributed by atoms with van der Waals surface area (Å²) in [5, 5.41) is 10.5. The maximum absolute atomic E-state index is 12.1. The number of aryl methyl sites for hydroxylation is 1. The highest BCUT2D eigenvalue weighted by Crippen LogP contribution is 2.46. The van der Waals surface area contributed by atoms with Gasteiger partial charge in [0.15, 0.2) is 11.5 Å². The summed E-state index contributed by atoms with van der Waals surface area (Å²) in [6, 6.07) is 7.05. The molecule has 0 saturated heterocycles.